The largest absolute Gasteiger partial charge is 0.356 e. The summed E-state index contributed by atoms with van der Waals surface area (Å²) >= 11 is 0. The lowest BCUT2D eigenvalue weighted by Gasteiger charge is -2.18. The van der Waals surface area contributed by atoms with E-state index in [9.17, 15) is 14.0 Å². The molecule has 1 saturated heterocycles. The summed E-state index contributed by atoms with van der Waals surface area (Å²) in [4.78, 5) is 26.3. The molecule has 2 rings (SSSR count). The third-order valence-corrected chi connectivity index (χ3v) is 4.38. The number of urea groups is 1. The van der Waals surface area contributed by atoms with Crippen molar-refractivity contribution in [1.82, 2.24) is 15.5 Å². The van der Waals surface area contributed by atoms with Crippen LogP contribution >= 0.6 is 0 Å². The van der Waals surface area contributed by atoms with Gasteiger partial charge in [0.15, 0.2) is 0 Å². The minimum absolute atomic E-state index is 0.0653. The van der Waals surface area contributed by atoms with Gasteiger partial charge in [-0.3, -0.25) is 4.79 Å². The van der Waals surface area contributed by atoms with E-state index in [2.05, 4.69) is 17.6 Å². The molecule has 0 aliphatic carbocycles. The predicted molar refractivity (Wildman–Crippen MR) is 91.2 cm³/mol. The molecule has 1 heterocycles. The molecular weight excluding hydrogens is 309 g/mol. The fraction of sp³-hybridized carbons (Fsp3) is 0.556. The number of unbranched alkanes of at least 4 members (excludes halogenated alkanes) is 1. The van der Waals surface area contributed by atoms with E-state index in [1.54, 1.807) is 11.0 Å². The number of amides is 3. The van der Waals surface area contributed by atoms with Crippen LogP contribution in [0, 0.1) is 11.7 Å². The van der Waals surface area contributed by atoms with Crippen LogP contribution in [0.15, 0.2) is 24.3 Å². The Bertz CT molecular complexity index is 579. The van der Waals surface area contributed by atoms with Gasteiger partial charge in [-0.05, 0) is 31.0 Å². The van der Waals surface area contributed by atoms with Crippen molar-refractivity contribution >= 4 is 11.9 Å². The summed E-state index contributed by atoms with van der Waals surface area (Å²) in [7, 11) is 0. The maximum Gasteiger partial charge on any atom is 0.317 e. The summed E-state index contributed by atoms with van der Waals surface area (Å²) < 4.78 is 13.6. The van der Waals surface area contributed by atoms with E-state index in [-0.39, 0.29) is 29.6 Å². The highest BCUT2D eigenvalue weighted by molar-refractivity contribution is 5.82. The van der Waals surface area contributed by atoms with Crippen LogP contribution in [0.25, 0.3) is 0 Å². The molecule has 0 radical (unpaired) electrons. The minimum Gasteiger partial charge on any atom is -0.356 e. The maximum atomic E-state index is 13.6. The molecular formula is C18H26FN3O2. The molecule has 1 aromatic carbocycles. The normalized spacial score (nSPS) is 20.0. The summed E-state index contributed by atoms with van der Waals surface area (Å²) in [6.07, 6.45) is 1.92. The third-order valence-electron chi connectivity index (χ3n) is 4.38. The number of nitrogens with one attached hydrogen (secondary N) is 2. The molecule has 6 heteroatoms. The Kier molecular flexibility index (Phi) is 6.58. The lowest BCUT2D eigenvalue weighted by atomic mass is 9.88. The molecule has 1 aliphatic heterocycles. The molecule has 2 atom stereocenters. The predicted octanol–water partition coefficient (Wildman–Crippen LogP) is 2.49. The third kappa shape index (κ3) is 4.46. The van der Waals surface area contributed by atoms with Gasteiger partial charge in [-0.1, -0.05) is 25.5 Å². The molecule has 2 N–H and O–H groups in total. The molecule has 5 nitrogen and oxygen atoms in total. The van der Waals surface area contributed by atoms with Gasteiger partial charge in [0, 0.05) is 32.1 Å². The van der Waals surface area contributed by atoms with Gasteiger partial charge >= 0.3 is 6.03 Å². The van der Waals surface area contributed by atoms with E-state index in [0.29, 0.717) is 26.2 Å². The first kappa shape index (κ1) is 18.2. The fourth-order valence-electron chi connectivity index (χ4n) is 3.09. The number of carbonyl (C=O) groups excluding carboxylic acids is 2. The molecule has 0 saturated carbocycles. The first-order valence-corrected chi connectivity index (χ1v) is 8.62. The topological polar surface area (TPSA) is 61.4 Å². The molecule has 0 aromatic heterocycles. The first-order chi connectivity index (χ1) is 11.6. The van der Waals surface area contributed by atoms with Crippen LogP contribution in [0.3, 0.4) is 0 Å². The smallest absolute Gasteiger partial charge is 0.317 e. The number of hydrogen-bond acceptors (Lipinski definition) is 2. The van der Waals surface area contributed by atoms with E-state index in [1.165, 1.54) is 12.1 Å². The molecule has 1 aliphatic rings. The highest BCUT2D eigenvalue weighted by Crippen LogP contribution is 2.33. The van der Waals surface area contributed by atoms with Gasteiger partial charge in [-0.2, -0.15) is 0 Å². The van der Waals surface area contributed by atoms with Gasteiger partial charge in [0.2, 0.25) is 5.91 Å². The maximum absolute atomic E-state index is 13.6. The van der Waals surface area contributed by atoms with Crippen LogP contribution < -0.4 is 10.6 Å². The average molecular weight is 335 g/mol. The van der Waals surface area contributed by atoms with E-state index in [0.717, 1.165) is 18.4 Å². The van der Waals surface area contributed by atoms with Gasteiger partial charge in [-0.25, -0.2) is 9.18 Å². The zero-order valence-electron chi connectivity index (χ0n) is 14.3. The molecule has 3 amide bonds. The number of benzene rings is 1. The second-order valence-corrected chi connectivity index (χ2v) is 6.15. The molecule has 0 spiro atoms. The lowest BCUT2D eigenvalue weighted by molar-refractivity contribution is -0.124. The standard InChI is InChI=1S/C18H26FN3O2/c1-3-5-9-21-17(23)16-12-22(18(24)20-4-2)11-15(16)13-7-6-8-14(19)10-13/h6-8,10,15-16H,3-5,9,11-12H2,1-2H3,(H,20,24)(H,21,23). The van der Waals surface area contributed by atoms with Crippen molar-refractivity contribution < 1.29 is 14.0 Å². The van der Waals surface area contributed by atoms with Crippen molar-refractivity contribution in [2.45, 2.75) is 32.6 Å². The summed E-state index contributed by atoms with van der Waals surface area (Å²) in [6, 6.07) is 6.13. The van der Waals surface area contributed by atoms with Crippen molar-refractivity contribution in [3.05, 3.63) is 35.6 Å². The Hall–Kier alpha value is -2.11. The van der Waals surface area contributed by atoms with Crippen molar-refractivity contribution in [2.24, 2.45) is 5.92 Å². The Morgan fingerprint density at radius 2 is 2.04 bits per heavy atom. The van der Waals surface area contributed by atoms with E-state index >= 15 is 0 Å². The zero-order valence-corrected chi connectivity index (χ0v) is 14.3. The number of rotatable bonds is 6. The van der Waals surface area contributed by atoms with Crippen LogP contribution in [0.4, 0.5) is 9.18 Å². The van der Waals surface area contributed by atoms with Gasteiger partial charge < -0.3 is 15.5 Å². The minimum atomic E-state index is -0.355. The van der Waals surface area contributed by atoms with Crippen LogP contribution in [0.1, 0.15) is 38.2 Å². The molecule has 2 unspecified atom stereocenters. The lowest BCUT2D eigenvalue weighted by Crippen LogP contribution is -2.40. The Balaban J connectivity index is 2.16. The Labute approximate surface area is 142 Å². The summed E-state index contributed by atoms with van der Waals surface area (Å²) in [6.45, 7) is 5.85. The SMILES string of the molecule is CCCCNC(=O)C1CN(C(=O)NCC)CC1c1cccc(F)c1. The van der Waals surface area contributed by atoms with E-state index in [1.807, 2.05) is 13.0 Å². The van der Waals surface area contributed by atoms with E-state index in [4.69, 9.17) is 0 Å². The summed E-state index contributed by atoms with van der Waals surface area (Å²) in [5.74, 6) is -0.935. The van der Waals surface area contributed by atoms with Crippen LogP contribution in [0.2, 0.25) is 0 Å². The monoisotopic (exact) mass is 335 g/mol. The van der Waals surface area contributed by atoms with Crippen molar-refractivity contribution in [3.8, 4) is 0 Å². The fourth-order valence-corrected chi connectivity index (χ4v) is 3.09. The average Bonchev–Trinajstić information content (AvgIpc) is 3.01. The van der Waals surface area contributed by atoms with Gasteiger partial charge in [0.1, 0.15) is 5.82 Å². The van der Waals surface area contributed by atoms with Crippen molar-refractivity contribution in [3.63, 3.8) is 0 Å². The second-order valence-electron chi connectivity index (χ2n) is 6.15. The van der Waals surface area contributed by atoms with Gasteiger partial charge in [0.25, 0.3) is 0 Å². The number of nitrogens with zero attached hydrogens (tertiary/aromatic N) is 1. The Morgan fingerprint density at radius 3 is 2.71 bits per heavy atom. The van der Waals surface area contributed by atoms with Crippen LogP contribution in [0.5, 0.6) is 0 Å². The highest BCUT2D eigenvalue weighted by atomic mass is 19.1. The zero-order chi connectivity index (χ0) is 17.5. The van der Waals surface area contributed by atoms with Gasteiger partial charge in [0.05, 0.1) is 5.92 Å². The highest BCUT2D eigenvalue weighted by Gasteiger charge is 2.40. The molecule has 1 aromatic rings. The number of halogens is 1. The summed E-state index contributed by atoms with van der Waals surface area (Å²) in [5.41, 5.74) is 0.762. The summed E-state index contributed by atoms with van der Waals surface area (Å²) in [5, 5.41) is 5.70. The number of hydrogen-bond donors (Lipinski definition) is 2. The van der Waals surface area contributed by atoms with Crippen molar-refractivity contribution in [2.75, 3.05) is 26.2 Å². The quantitative estimate of drug-likeness (QED) is 0.785. The van der Waals surface area contributed by atoms with Crippen molar-refractivity contribution in [1.29, 1.82) is 0 Å². The molecule has 1 fully saturated rings. The van der Waals surface area contributed by atoms with E-state index < -0.39 is 0 Å². The van der Waals surface area contributed by atoms with Crippen LogP contribution in [-0.4, -0.2) is 43.0 Å². The number of likely N-dealkylation sites (tertiary alicyclic amines) is 1. The molecule has 132 valence electrons. The number of carbonyl (C=O) groups is 2. The Morgan fingerprint density at radius 1 is 1.25 bits per heavy atom. The van der Waals surface area contributed by atoms with Gasteiger partial charge in [-0.15, -0.1) is 0 Å². The second kappa shape index (κ2) is 8.66. The molecule has 0 bridgehead atoms. The van der Waals surface area contributed by atoms with Crippen LogP contribution in [-0.2, 0) is 4.79 Å². The molecule has 24 heavy (non-hydrogen) atoms. The first-order valence-electron chi connectivity index (χ1n) is 8.62.